The van der Waals surface area contributed by atoms with Gasteiger partial charge in [0.15, 0.2) is 6.10 Å². The van der Waals surface area contributed by atoms with E-state index in [0.29, 0.717) is 19.3 Å². The van der Waals surface area contributed by atoms with Crippen molar-refractivity contribution in [2.24, 2.45) is 0 Å². The molecule has 0 radical (unpaired) electrons. The van der Waals surface area contributed by atoms with E-state index in [-0.39, 0.29) is 19.3 Å². The Morgan fingerprint density at radius 1 is 0.287 bits per heavy atom. The highest BCUT2D eigenvalue weighted by molar-refractivity contribution is 7.47. The summed E-state index contributed by atoms with van der Waals surface area (Å²) >= 11 is 0. The standard InChI is InChI=1S/C83H142O16P2/c1-4-7-10-13-16-19-22-25-27-29-31-33-34-35-36-37-38-39-40-41-42-44-46-47-49-52-54-57-60-63-66-69-81(86)93-72-78(84)73-95-100(89,90)96-74-79(85)75-97-101(91,92)98-77-80(99-83(88)71-68-65-62-59-56-51-24-21-18-15-12-9-6-3)76-94-82(87)70-67-64-61-58-55-53-50-48-45-43-32-30-28-26-23-20-17-14-11-8-5-2/h8,11,16-17,19-21,24-28,31-33,35-36,43,48,50,55,58,78-80,84-85H,4-7,9-10,12-15,18,22-23,29-30,34,37-42,44-47,49,51-54,56-57,59-77H2,1-3H3,(H,89,90)(H,91,92)/b11-8-,19-16-,20-17-,24-21-,27-25-,28-26-,33-31-,36-35-,43-32-,50-48-,58-55-. The number of carbonyl (C=O) groups is 3. The molecule has 16 nitrogen and oxygen atoms in total. The number of allylic oxidation sites excluding steroid dienone is 22. The number of phosphoric ester groups is 2. The number of hydrogen-bond acceptors (Lipinski definition) is 14. The fraction of sp³-hybridized carbons (Fsp3) is 0.699. The van der Waals surface area contributed by atoms with Crippen LogP contribution >= 0.6 is 15.6 Å². The van der Waals surface area contributed by atoms with E-state index in [0.717, 1.165) is 128 Å². The molecule has 0 aliphatic carbocycles. The van der Waals surface area contributed by atoms with E-state index in [1.54, 1.807) is 0 Å². The molecule has 0 aromatic rings. The SMILES string of the molecule is CC/C=C\C/C=C\C/C=C\C/C=C\C/C=C\C/C=C\CCCCC(=O)OCC(COP(=O)(O)OCC(O)COP(=O)(O)OCC(O)COC(=O)CCCCCCCCCCCCCCCCC/C=C\C/C=C\C/C=C\C/C=C\CCCCC)OC(=O)CCCCCCC/C=C\CCCCCC. The van der Waals surface area contributed by atoms with Crippen LogP contribution in [0, 0.1) is 0 Å². The smallest absolute Gasteiger partial charge is 0.463 e. The lowest BCUT2D eigenvalue weighted by Crippen LogP contribution is -2.30. The third-order valence-corrected chi connectivity index (χ3v) is 18.2. The summed E-state index contributed by atoms with van der Waals surface area (Å²) in [4.78, 5) is 58.5. The van der Waals surface area contributed by atoms with Crippen molar-refractivity contribution < 1.29 is 75.8 Å². The minimum Gasteiger partial charge on any atom is -0.463 e. The van der Waals surface area contributed by atoms with Crippen LogP contribution in [0.1, 0.15) is 316 Å². The number of ether oxygens (including phenoxy) is 3. The normalized spacial score (nSPS) is 14.7. The molecule has 0 aliphatic heterocycles. The second-order valence-corrected chi connectivity index (χ2v) is 29.0. The maximum atomic E-state index is 12.9. The molecule has 0 aromatic carbocycles. The number of aliphatic hydroxyl groups is 2. The third kappa shape index (κ3) is 76.6. The van der Waals surface area contributed by atoms with Crippen LogP contribution in [0.15, 0.2) is 134 Å². The Morgan fingerprint density at radius 3 is 0.881 bits per heavy atom. The van der Waals surface area contributed by atoms with Gasteiger partial charge in [0.25, 0.3) is 0 Å². The second-order valence-electron chi connectivity index (χ2n) is 26.1. The van der Waals surface area contributed by atoms with Crippen molar-refractivity contribution >= 4 is 33.6 Å². The first kappa shape index (κ1) is 96.7. The molecule has 0 saturated carbocycles. The molecule has 0 spiro atoms. The molecule has 5 atom stereocenters. The molecule has 0 fully saturated rings. The molecule has 580 valence electrons. The highest BCUT2D eigenvalue weighted by atomic mass is 31.2. The number of esters is 3. The minimum absolute atomic E-state index is 0.0819. The molecule has 0 aliphatic rings. The molecule has 0 saturated heterocycles. The predicted molar refractivity (Wildman–Crippen MR) is 417 cm³/mol. The van der Waals surface area contributed by atoms with E-state index in [2.05, 4.69) is 154 Å². The van der Waals surface area contributed by atoms with Gasteiger partial charge in [-0.25, -0.2) is 9.13 Å². The van der Waals surface area contributed by atoms with Crippen molar-refractivity contribution in [2.45, 2.75) is 334 Å². The molecule has 0 heterocycles. The molecular weight excluding hydrogens is 1310 g/mol. The van der Waals surface area contributed by atoms with E-state index in [4.69, 9.17) is 32.3 Å². The molecular formula is C83H142O16P2. The molecule has 5 unspecified atom stereocenters. The van der Waals surface area contributed by atoms with Gasteiger partial charge in [0.1, 0.15) is 25.4 Å². The number of carbonyl (C=O) groups excluding carboxylic acids is 3. The van der Waals surface area contributed by atoms with Gasteiger partial charge in [0.2, 0.25) is 0 Å². The zero-order valence-corrected chi connectivity index (χ0v) is 65.1. The van der Waals surface area contributed by atoms with E-state index >= 15 is 0 Å². The van der Waals surface area contributed by atoms with Crippen molar-refractivity contribution in [3.05, 3.63) is 134 Å². The summed E-state index contributed by atoms with van der Waals surface area (Å²) in [6.07, 6.45) is 90.9. The second kappa shape index (κ2) is 75.4. The zero-order chi connectivity index (χ0) is 73.7. The molecule has 4 N–H and O–H groups in total. The van der Waals surface area contributed by atoms with Crippen molar-refractivity contribution in [2.75, 3.05) is 39.6 Å². The van der Waals surface area contributed by atoms with E-state index in [1.807, 2.05) is 0 Å². The lowest BCUT2D eigenvalue weighted by molar-refractivity contribution is -0.161. The summed E-state index contributed by atoms with van der Waals surface area (Å²) in [6.45, 7) is 2.46. The molecule has 0 rings (SSSR count). The Bertz CT molecular complexity index is 2370. The highest BCUT2D eigenvalue weighted by Crippen LogP contribution is 2.45. The predicted octanol–water partition coefficient (Wildman–Crippen LogP) is 23.1. The van der Waals surface area contributed by atoms with Gasteiger partial charge in [0.05, 0.1) is 26.4 Å². The average Bonchev–Trinajstić information content (AvgIpc) is 0.935. The zero-order valence-electron chi connectivity index (χ0n) is 63.3. The summed E-state index contributed by atoms with van der Waals surface area (Å²) in [6, 6.07) is 0. The maximum Gasteiger partial charge on any atom is 0.472 e. The maximum absolute atomic E-state index is 12.9. The first-order valence-corrected chi connectivity index (χ1v) is 42.5. The number of phosphoric acid groups is 2. The highest BCUT2D eigenvalue weighted by Gasteiger charge is 2.29. The van der Waals surface area contributed by atoms with Crippen LogP contribution in [-0.2, 0) is 55.8 Å². The van der Waals surface area contributed by atoms with Gasteiger partial charge in [-0.2, -0.15) is 0 Å². The van der Waals surface area contributed by atoms with Crippen LogP contribution < -0.4 is 0 Å². The summed E-state index contributed by atoms with van der Waals surface area (Å²) in [5.74, 6) is -1.64. The Morgan fingerprint density at radius 2 is 0.525 bits per heavy atom. The van der Waals surface area contributed by atoms with Crippen LogP contribution in [0.4, 0.5) is 0 Å². The fourth-order valence-electron chi connectivity index (χ4n) is 10.3. The molecule has 18 heteroatoms. The number of hydrogen-bond donors (Lipinski definition) is 4. The van der Waals surface area contributed by atoms with Gasteiger partial charge in [-0.3, -0.25) is 32.5 Å². The third-order valence-electron chi connectivity index (χ3n) is 16.3. The van der Waals surface area contributed by atoms with Crippen LogP contribution in [0.3, 0.4) is 0 Å². The van der Waals surface area contributed by atoms with Gasteiger partial charge < -0.3 is 34.2 Å². The lowest BCUT2D eigenvalue weighted by Gasteiger charge is -2.21. The van der Waals surface area contributed by atoms with Crippen LogP contribution in [0.25, 0.3) is 0 Å². The summed E-state index contributed by atoms with van der Waals surface area (Å²) in [7, 11) is -9.80. The van der Waals surface area contributed by atoms with Crippen LogP contribution in [0.5, 0.6) is 0 Å². The van der Waals surface area contributed by atoms with Gasteiger partial charge in [-0.1, -0.05) is 289 Å². The van der Waals surface area contributed by atoms with E-state index in [1.165, 1.54) is 128 Å². The molecule has 0 amide bonds. The molecule has 101 heavy (non-hydrogen) atoms. The van der Waals surface area contributed by atoms with Crippen LogP contribution in [-0.4, -0.2) is 95.9 Å². The Balaban J connectivity index is 4.49. The molecule has 0 bridgehead atoms. The van der Waals surface area contributed by atoms with Gasteiger partial charge in [-0.15, -0.1) is 0 Å². The summed E-state index contributed by atoms with van der Waals surface area (Å²) in [5.41, 5.74) is 0. The Kier molecular flexibility index (Phi) is 72.2. The van der Waals surface area contributed by atoms with E-state index in [9.17, 15) is 43.5 Å². The first-order chi connectivity index (χ1) is 49.2. The van der Waals surface area contributed by atoms with Gasteiger partial charge in [-0.05, 0) is 141 Å². The lowest BCUT2D eigenvalue weighted by atomic mass is 10.0. The number of unbranched alkanes of at least 4 members (excludes halogenated alkanes) is 29. The topological polar surface area (TPSA) is 231 Å². The van der Waals surface area contributed by atoms with Crippen molar-refractivity contribution in [1.82, 2.24) is 0 Å². The van der Waals surface area contributed by atoms with Crippen LogP contribution in [0.2, 0.25) is 0 Å². The fourth-order valence-corrected chi connectivity index (χ4v) is 11.9. The Hall–Kier alpha value is -4.31. The number of rotatable bonds is 74. The van der Waals surface area contributed by atoms with Crippen molar-refractivity contribution in [3.63, 3.8) is 0 Å². The monoisotopic (exact) mass is 1460 g/mol. The summed E-state index contributed by atoms with van der Waals surface area (Å²) in [5, 5.41) is 20.6. The largest absolute Gasteiger partial charge is 0.472 e. The van der Waals surface area contributed by atoms with Crippen molar-refractivity contribution in [3.8, 4) is 0 Å². The number of aliphatic hydroxyl groups excluding tert-OH is 2. The summed E-state index contributed by atoms with van der Waals surface area (Å²) < 4.78 is 61.0. The van der Waals surface area contributed by atoms with Gasteiger partial charge in [0, 0.05) is 19.3 Å². The first-order valence-electron chi connectivity index (χ1n) is 39.5. The van der Waals surface area contributed by atoms with E-state index < -0.39 is 91.5 Å². The quantitative estimate of drug-likeness (QED) is 0.0146. The minimum atomic E-state index is -4.94. The van der Waals surface area contributed by atoms with Gasteiger partial charge >= 0.3 is 33.6 Å². The Labute approximate surface area is 614 Å². The average molecular weight is 1460 g/mol. The van der Waals surface area contributed by atoms with Crippen molar-refractivity contribution in [1.29, 1.82) is 0 Å². The molecule has 0 aromatic heterocycles.